The summed E-state index contributed by atoms with van der Waals surface area (Å²) < 4.78 is 9.23. The maximum atomic E-state index is 13.6. The number of hydrogen-bond acceptors (Lipinski definition) is 5. The number of carbonyl (C=O) groups excluding carboxylic acids is 1. The van der Waals surface area contributed by atoms with Gasteiger partial charge < -0.3 is 14.5 Å². The molecule has 3 aliphatic rings. The van der Waals surface area contributed by atoms with E-state index in [1.807, 2.05) is 39.7 Å². The average Bonchev–Trinajstić information content (AvgIpc) is 3.48. The van der Waals surface area contributed by atoms with Gasteiger partial charge in [0, 0.05) is 25.9 Å². The van der Waals surface area contributed by atoms with Gasteiger partial charge in [-0.2, -0.15) is 9.61 Å². The summed E-state index contributed by atoms with van der Waals surface area (Å²) in [5, 5.41) is 4.38. The van der Waals surface area contributed by atoms with Crippen molar-refractivity contribution in [2.45, 2.75) is 43.6 Å². The summed E-state index contributed by atoms with van der Waals surface area (Å²) in [6.07, 6.45) is 4.72. The van der Waals surface area contributed by atoms with Crippen molar-refractivity contribution >= 4 is 33.3 Å². The molecule has 0 bridgehead atoms. The number of rotatable bonds is 2. The zero-order valence-electron chi connectivity index (χ0n) is 16.4. The molecule has 1 spiro atoms. The molecular formula is C22H22BrN5O2. The normalized spacial score (nSPS) is 25.4. The molecule has 0 radical (unpaired) electrons. The van der Waals surface area contributed by atoms with Crippen molar-refractivity contribution in [1.82, 2.24) is 19.5 Å². The molecule has 30 heavy (non-hydrogen) atoms. The van der Waals surface area contributed by atoms with Crippen LogP contribution in [0.5, 0.6) is 0 Å². The van der Waals surface area contributed by atoms with Crippen molar-refractivity contribution in [1.29, 1.82) is 0 Å². The Labute approximate surface area is 182 Å². The fourth-order valence-corrected chi connectivity index (χ4v) is 5.65. The van der Waals surface area contributed by atoms with Gasteiger partial charge >= 0.3 is 0 Å². The molecule has 1 amide bonds. The number of anilines is 1. The topological polar surface area (TPSA) is 63.0 Å². The molecular weight excluding hydrogens is 446 g/mol. The van der Waals surface area contributed by atoms with Crippen LogP contribution in [0.1, 0.15) is 37.3 Å². The molecule has 6 rings (SSSR count). The van der Waals surface area contributed by atoms with Crippen LogP contribution in [0.25, 0.3) is 5.65 Å². The molecule has 3 aliphatic heterocycles. The highest BCUT2D eigenvalue weighted by Gasteiger charge is 2.58. The van der Waals surface area contributed by atoms with Crippen LogP contribution in [0.4, 0.5) is 5.82 Å². The van der Waals surface area contributed by atoms with E-state index in [1.165, 1.54) is 5.56 Å². The summed E-state index contributed by atoms with van der Waals surface area (Å²) in [5.74, 6) is 1.16. The molecule has 1 aromatic carbocycles. The van der Waals surface area contributed by atoms with Crippen molar-refractivity contribution < 1.29 is 9.53 Å². The van der Waals surface area contributed by atoms with Gasteiger partial charge in [-0.25, -0.2) is 4.98 Å². The highest BCUT2D eigenvalue weighted by molar-refractivity contribution is 9.10. The third-order valence-corrected chi connectivity index (χ3v) is 7.37. The Kier molecular flexibility index (Phi) is 4.14. The minimum Gasteiger partial charge on any atom is -0.356 e. The van der Waals surface area contributed by atoms with Crippen LogP contribution in [-0.2, 0) is 9.53 Å². The third kappa shape index (κ3) is 2.63. The second kappa shape index (κ2) is 6.78. The molecule has 5 heterocycles. The SMILES string of the molecule is O=C1N2[C@@H](CC[C@H]2c2ccccc2)OC12CCN(c1ccc(Br)c3ncnn13)CC2. The predicted molar refractivity (Wildman–Crippen MR) is 115 cm³/mol. The zero-order chi connectivity index (χ0) is 20.3. The molecule has 3 aromatic rings. The lowest BCUT2D eigenvalue weighted by atomic mass is 9.89. The van der Waals surface area contributed by atoms with E-state index in [-0.39, 0.29) is 18.2 Å². The Bertz CT molecular complexity index is 1110. The molecule has 2 atom stereocenters. The van der Waals surface area contributed by atoms with Crippen LogP contribution < -0.4 is 4.90 Å². The van der Waals surface area contributed by atoms with Gasteiger partial charge in [0.1, 0.15) is 18.4 Å². The van der Waals surface area contributed by atoms with E-state index in [1.54, 1.807) is 6.33 Å². The zero-order valence-corrected chi connectivity index (χ0v) is 18.0. The van der Waals surface area contributed by atoms with E-state index < -0.39 is 5.60 Å². The number of benzene rings is 1. The molecule has 0 N–H and O–H groups in total. The second-order valence-corrected chi connectivity index (χ2v) is 9.16. The van der Waals surface area contributed by atoms with Gasteiger partial charge in [0.15, 0.2) is 11.2 Å². The van der Waals surface area contributed by atoms with Gasteiger partial charge in [-0.1, -0.05) is 30.3 Å². The summed E-state index contributed by atoms with van der Waals surface area (Å²) in [6.45, 7) is 1.50. The van der Waals surface area contributed by atoms with Crippen LogP contribution >= 0.6 is 15.9 Å². The number of hydrogen-bond donors (Lipinski definition) is 0. The molecule has 3 fully saturated rings. The van der Waals surface area contributed by atoms with Crippen molar-refractivity contribution in [2.24, 2.45) is 0 Å². The van der Waals surface area contributed by atoms with Crippen molar-refractivity contribution in [3.63, 3.8) is 0 Å². The summed E-state index contributed by atoms with van der Waals surface area (Å²) in [6, 6.07) is 14.5. The highest BCUT2D eigenvalue weighted by Crippen LogP contribution is 2.47. The second-order valence-electron chi connectivity index (χ2n) is 8.31. The van der Waals surface area contributed by atoms with Gasteiger partial charge in [-0.15, -0.1) is 0 Å². The number of aromatic nitrogens is 3. The highest BCUT2D eigenvalue weighted by atomic mass is 79.9. The van der Waals surface area contributed by atoms with E-state index in [0.717, 1.165) is 41.9 Å². The van der Waals surface area contributed by atoms with Gasteiger partial charge in [-0.3, -0.25) is 4.79 Å². The molecule has 0 saturated carbocycles. The maximum absolute atomic E-state index is 13.6. The number of ether oxygens (including phenoxy) is 1. The molecule has 0 unspecified atom stereocenters. The number of carbonyl (C=O) groups is 1. The van der Waals surface area contributed by atoms with E-state index in [4.69, 9.17) is 4.74 Å². The van der Waals surface area contributed by atoms with Crippen molar-refractivity contribution in [3.8, 4) is 0 Å². The van der Waals surface area contributed by atoms with Gasteiger partial charge in [0.2, 0.25) is 0 Å². The predicted octanol–water partition coefficient (Wildman–Crippen LogP) is 3.55. The first kappa shape index (κ1) is 18.3. The first-order valence-electron chi connectivity index (χ1n) is 10.4. The van der Waals surface area contributed by atoms with Gasteiger partial charge in [0.25, 0.3) is 5.91 Å². The molecule has 8 heteroatoms. The monoisotopic (exact) mass is 467 g/mol. The van der Waals surface area contributed by atoms with Gasteiger partial charge in [0.05, 0.1) is 10.5 Å². The van der Waals surface area contributed by atoms with Crippen LogP contribution in [0.3, 0.4) is 0 Å². The minimum atomic E-state index is -0.689. The number of nitrogens with zero attached hydrogens (tertiary/aromatic N) is 5. The van der Waals surface area contributed by atoms with Crippen molar-refractivity contribution in [3.05, 3.63) is 58.8 Å². The molecule has 2 aromatic heterocycles. The van der Waals surface area contributed by atoms with E-state index in [9.17, 15) is 4.79 Å². The lowest BCUT2D eigenvalue weighted by Gasteiger charge is -2.38. The Hall–Kier alpha value is -2.45. The average molecular weight is 468 g/mol. The fraction of sp³-hybridized carbons (Fsp3) is 0.409. The van der Waals surface area contributed by atoms with E-state index in [0.29, 0.717) is 12.8 Å². The molecule has 154 valence electrons. The Morgan fingerprint density at radius 1 is 1.07 bits per heavy atom. The Morgan fingerprint density at radius 2 is 1.87 bits per heavy atom. The van der Waals surface area contributed by atoms with Crippen molar-refractivity contribution in [2.75, 3.05) is 18.0 Å². The standard InChI is InChI=1S/C22H22BrN5O2/c23-16-6-8-18(28-20(16)24-14-25-28)26-12-10-22(11-13-26)21(29)27-17(7-9-19(27)30-22)15-4-2-1-3-5-15/h1-6,8,14,17,19H,7,9-13H2/t17-,19+/m0/s1. The fourth-order valence-electron chi connectivity index (χ4n) is 5.25. The first-order valence-corrected chi connectivity index (χ1v) is 11.2. The lowest BCUT2D eigenvalue weighted by Crippen LogP contribution is -2.50. The smallest absolute Gasteiger partial charge is 0.257 e. The minimum absolute atomic E-state index is 0.0936. The Morgan fingerprint density at radius 3 is 2.67 bits per heavy atom. The number of halogens is 1. The number of amides is 1. The number of fused-ring (bicyclic) bond motifs is 2. The van der Waals surface area contributed by atoms with E-state index >= 15 is 0 Å². The maximum Gasteiger partial charge on any atom is 0.257 e. The first-order chi connectivity index (χ1) is 14.7. The Balaban J connectivity index is 1.23. The quantitative estimate of drug-likeness (QED) is 0.576. The summed E-state index contributed by atoms with van der Waals surface area (Å²) in [5.41, 5.74) is 1.31. The molecule has 7 nitrogen and oxygen atoms in total. The number of pyridine rings is 1. The van der Waals surface area contributed by atoms with Crippen LogP contribution in [0.15, 0.2) is 53.3 Å². The number of piperidine rings is 1. The van der Waals surface area contributed by atoms with Crippen LogP contribution in [0, 0.1) is 0 Å². The summed E-state index contributed by atoms with van der Waals surface area (Å²) in [7, 11) is 0. The molecule has 3 saturated heterocycles. The van der Waals surface area contributed by atoms with Crippen LogP contribution in [-0.4, -0.2) is 50.3 Å². The lowest BCUT2D eigenvalue weighted by molar-refractivity contribution is -0.140. The van der Waals surface area contributed by atoms with Gasteiger partial charge in [-0.05, 0) is 46.5 Å². The summed E-state index contributed by atoms with van der Waals surface area (Å²) >= 11 is 3.53. The molecule has 0 aliphatic carbocycles. The van der Waals surface area contributed by atoms with E-state index in [2.05, 4.69) is 43.0 Å². The third-order valence-electron chi connectivity index (χ3n) is 6.76. The summed E-state index contributed by atoms with van der Waals surface area (Å²) in [4.78, 5) is 22.2. The van der Waals surface area contributed by atoms with Crippen LogP contribution in [0.2, 0.25) is 0 Å². The largest absolute Gasteiger partial charge is 0.356 e.